The molecule has 3 heteroatoms. The van der Waals surface area contributed by atoms with Crippen LogP contribution in [0.15, 0.2) is 0 Å². The molecule has 0 unspecified atom stereocenters. The van der Waals surface area contributed by atoms with E-state index < -0.39 is 0 Å². The summed E-state index contributed by atoms with van der Waals surface area (Å²) in [6, 6.07) is 0. The first kappa shape index (κ1) is 11.0. The average molecular weight is 185 g/mol. The smallest absolute Gasteiger partial charge is 0.00110 e. The van der Waals surface area contributed by atoms with Gasteiger partial charge in [-0.05, 0) is 58.0 Å². The maximum absolute atomic E-state index is 3.47. The summed E-state index contributed by atoms with van der Waals surface area (Å²) in [6.45, 7) is 9.20. The van der Waals surface area contributed by atoms with Crippen molar-refractivity contribution in [2.75, 3.05) is 39.3 Å². The predicted octanol–water partition coefficient (Wildman–Crippen LogP) is 0.185. The third-order valence-corrected chi connectivity index (χ3v) is 2.40. The molecular weight excluding hydrogens is 162 g/mol. The van der Waals surface area contributed by atoms with Crippen molar-refractivity contribution < 1.29 is 0 Å². The summed E-state index contributed by atoms with van der Waals surface area (Å²) in [5.74, 6) is 0.757. The highest BCUT2D eigenvalue weighted by molar-refractivity contribution is 4.63. The van der Waals surface area contributed by atoms with E-state index in [2.05, 4.69) is 22.9 Å². The number of hydrogen-bond donors (Lipinski definition) is 3. The normalized spacial score (nSPS) is 24.7. The minimum atomic E-state index is 0.757. The van der Waals surface area contributed by atoms with Gasteiger partial charge in [-0.1, -0.05) is 6.92 Å². The molecule has 1 aliphatic rings. The van der Waals surface area contributed by atoms with Gasteiger partial charge in [-0.2, -0.15) is 0 Å². The van der Waals surface area contributed by atoms with Gasteiger partial charge < -0.3 is 16.0 Å². The van der Waals surface area contributed by atoms with Gasteiger partial charge in [0.1, 0.15) is 0 Å². The Balaban J connectivity index is 2.11. The fraction of sp³-hybridized carbons (Fsp3) is 1.00. The molecule has 13 heavy (non-hydrogen) atoms. The summed E-state index contributed by atoms with van der Waals surface area (Å²) in [4.78, 5) is 0. The van der Waals surface area contributed by atoms with E-state index in [-0.39, 0.29) is 0 Å². The molecule has 0 spiro atoms. The number of nitrogens with one attached hydrogen (secondary N) is 3. The first-order chi connectivity index (χ1) is 6.39. The van der Waals surface area contributed by atoms with Crippen LogP contribution in [0.4, 0.5) is 0 Å². The molecule has 1 heterocycles. The van der Waals surface area contributed by atoms with Crippen molar-refractivity contribution in [1.82, 2.24) is 16.0 Å². The Morgan fingerprint density at radius 3 is 1.77 bits per heavy atom. The minimum absolute atomic E-state index is 0.757. The monoisotopic (exact) mass is 185 g/mol. The van der Waals surface area contributed by atoms with Crippen molar-refractivity contribution in [2.45, 2.75) is 19.8 Å². The maximum Gasteiger partial charge on any atom is -0.00110 e. The highest BCUT2D eigenvalue weighted by Gasteiger charge is 2.01. The molecule has 0 amide bonds. The van der Waals surface area contributed by atoms with Crippen LogP contribution in [0.3, 0.4) is 0 Å². The molecule has 3 N–H and O–H groups in total. The van der Waals surface area contributed by atoms with Crippen LogP contribution in [0.1, 0.15) is 19.8 Å². The zero-order chi connectivity index (χ0) is 9.36. The quantitative estimate of drug-likeness (QED) is 0.504. The summed E-state index contributed by atoms with van der Waals surface area (Å²) < 4.78 is 0. The lowest BCUT2D eigenvalue weighted by molar-refractivity contribution is 0.451. The zero-order valence-electron chi connectivity index (χ0n) is 8.73. The van der Waals surface area contributed by atoms with Gasteiger partial charge >= 0.3 is 0 Å². The third-order valence-electron chi connectivity index (χ3n) is 2.40. The third kappa shape index (κ3) is 6.02. The lowest BCUT2D eigenvalue weighted by Crippen LogP contribution is -2.33. The SMILES string of the molecule is CC1CNCCCNCCCNC1. The van der Waals surface area contributed by atoms with Gasteiger partial charge in [0.15, 0.2) is 0 Å². The molecular formula is C10H23N3. The van der Waals surface area contributed by atoms with Gasteiger partial charge in [0.05, 0.1) is 0 Å². The van der Waals surface area contributed by atoms with E-state index in [0.717, 1.165) is 45.2 Å². The van der Waals surface area contributed by atoms with Crippen LogP contribution in [0.2, 0.25) is 0 Å². The first-order valence-corrected chi connectivity index (χ1v) is 5.52. The van der Waals surface area contributed by atoms with Gasteiger partial charge in [0.25, 0.3) is 0 Å². The van der Waals surface area contributed by atoms with Crippen molar-refractivity contribution in [3.05, 3.63) is 0 Å². The first-order valence-electron chi connectivity index (χ1n) is 5.52. The molecule has 1 fully saturated rings. The summed E-state index contributed by atoms with van der Waals surface area (Å²) >= 11 is 0. The Bertz CT molecular complexity index is 105. The van der Waals surface area contributed by atoms with Gasteiger partial charge in [-0.15, -0.1) is 0 Å². The van der Waals surface area contributed by atoms with E-state index in [4.69, 9.17) is 0 Å². The molecule has 0 aliphatic carbocycles. The second-order valence-corrected chi connectivity index (χ2v) is 3.97. The van der Waals surface area contributed by atoms with Crippen LogP contribution in [0.25, 0.3) is 0 Å². The van der Waals surface area contributed by atoms with Crippen LogP contribution in [-0.2, 0) is 0 Å². The van der Waals surface area contributed by atoms with Crippen LogP contribution in [-0.4, -0.2) is 39.3 Å². The van der Waals surface area contributed by atoms with Gasteiger partial charge in [0, 0.05) is 0 Å². The molecule has 1 rings (SSSR count). The summed E-state index contributed by atoms with van der Waals surface area (Å²) in [7, 11) is 0. The molecule has 3 nitrogen and oxygen atoms in total. The standard InChI is InChI=1S/C10H23N3/c1-10-8-12-6-2-4-11-5-3-7-13-9-10/h10-13H,2-9H2,1H3. The zero-order valence-corrected chi connectivity index (χ0v) is 8.73. The Labute approximate surface area is 81.7 Å². The molecule has 0 bridgehead atoms. The van der Waals surface area contributed by atoms with Crippen molar-refractivity contribution >= 4 is 0 Å². The summed E-state index contributed by atoms with van der Waals surface area (Å²) in [5.41, 5.74) is 0. The summed E-state index contributed by atoms with van der Waals surface area (Å²) in [5, 5.41) is 10.4. The Morgan fingerprint density at radius 1 is 0.769 bits per heavy atom. The lowest BCUT2D eigenvalue weighted by Gasteiger charge is -2.15. The van der Waals surface area contributed by atoms with Crippen LogP contribution in [0, 0.1) is 5.92 Å². The lowest BCUT2D eigenvalue weighted by atomic mass is 10.1. The van der Waals surface area contributed by atoms with Crippen molar-refractivity contribution in [1.29, 1.82) is 0 Å². The van der Waals surface area contributed by atoms with Gasteiger partial charge in [-0.25, -0.2) is 0 Å². The van der Waals surface area contributed by atoms with E-state index in [0.29, 0.717) is 0 Å². The average Bonchev–Trinajstić information content (AvgIpc) is 2.11. The molecule has 0 aromatic heterocycles. The number of rotatable bonds is 0. The Kier molecular flexibility index (Phi) is 6.15. The second kappa shape index (κ2) is 7.30. The Hall–Kier alpha value is -0.120. The fourth-order valence-corrected chi connectivity index (χ4v) is 1.57. The van der Waals surface area contributed by atoms with E-state index in [1.807, 2.05) is 0 Å². The predicted molar refractivity (Wildman–Crippen MR) is 57.0 cm³/mol. The van der Waals surface area contributed by atoms with Crippen LogP contribution < -0.4 is 16.0 Å². The molecule has 1 aliphatic heterocycles. The molecule has 0 aromatic rings. The largest absolute Gasteiger partial charge is 0.317 e. The van der Waals surface area contributed by atoms with E-state index in [1.54, 1.807) is 0 Å². The van der Waals surface area contributed by atoms with Gasteiger partial charge in [-0.3, -0.25) is 0 Å². The van der Waals surface area contributed by atoms with E-state index in [9.17, 15) is 0 Å². The van der Waals surface area contributed by atoms with Crippen molar-refractivity contribution in [3.63, 3.8) is 0 Å². The molecule has 78 valence electrons. The van der Waals surface area contributed by atoms with Gasteiger partial charge in [0.2, 0.25) is 0 Å². The topological polar surface area (TPSA) is 36.1 Å². The molecule has 0 aromatic carbocycles. The molecule has 0 radical (unpaired) electrons. The molecule has 0 atom stereocenters. The van der Waals surface area contributed by atoms with Crippen LogP contribution >= 0.6 is 0 Å². The minimum Gasteiger partial charge on any atom is -0.317 e. The van der Waals surface area contributed by atoms with Crippen molar-refractivity contribution in [2.24, 2.45) is 5.92 Å². The van der Waals surface area contributed by atoms with Crippen molar-refractivity contribution in [3.8, 4) is 0 Å². The highest BCUT2D eigenvalue weighted by Crippen LogP contribution is 1.90. The highest BCUT2D eigenvalue weighted by atomic mass is 14.9. The molecule has 1 saturated heterocycles. The second-order valence-electron chi connectivity index (χ2n) is 3.97. The van der Waals surface area contributed by atoms with Crippen LogP contribution in [0.5, 0.6) is 0 Å². The summed E-state index contributed by atoms with van der Waals surface area (Å²) in [6.07, 6.45) is 2.50. The van der Waals surface area contributed by atoms with E-state index >= 15 is 0 Å². The number of hydrogen-bond acceptors (Lipinski definition) is 3. The fourth-order valence-electron chi connectivity index (χ4n) is 1.57. The van der Waals surface area contributed by atoms with E-state index in [1.165, 1.54) is 12.8 Å². The molecule has 0 saturated carbocycles. The Morgan fingerprint density at radius 2 is 1.23 bits per heavy atom. The maximum atomic E-state index is 3.47.